The molecule has 0 atom stereocenters. The molecule has 1 N–H and O–H groups in total. The first kappa shape index (κ1) is 11.1. The number of nitrogens with zero attached hydrogens (tertiary/aromatic N) is 2. The minimum atomic E-state index is -0.236. The molecule has 3 nitrogen and oxygen atoms in total. The largest absolute Gasteiger partial charge is 0.395 e. The number of aryl methyl sites for hydroxylation is 2. The maximum Gasteiger partial charge on any atom is 0.106 e. The molecule has 0 radical (unpaired) electrons. The van der Waals surface area contributed by atoms with Gasteiger partial charge < -0.3 is 9.67 Å². The van der Waals surface area contributed by atoms with E-state index in [0.717, 1.165) is 22.4 Å². The number of hydrogen-bond donors (Lipinski definition) is 1. The highest BCUT2D eigenvalue weighted by atomic mass is 16.3. The van der Waals surface area contributed by atoms with Gasteiger partial charge in [0, 0.05) is 12.5 Å². The minimum Gasteiger partial charge on any atom is -0.395 e. The van der Waals surface area contributed by atoms with Gasteiger partial charge in [-0.05, 0) is 18.6 Å². The standard InChI is InChI=1S/C13H18N2O/c1-9-14-11-7-5-6-10(12(11)15(9)4)13(2,3)8-16/h5-7,16H,8H2,1-4H3. The van der Waals surface area contributed by atoms with Crippen molar-refractivity contribution < 1.29 is 5.11 Å². The van der Waals surface area contributed by atoms with Gasteiger partial charge in [-0.1, -0.05) is 26.0 Å². The highest BCUT2D eigenvalue weighted by Crippen LogP contribution is 2.29. The van der Waals surface area contributed by atoms with Crippen LogP contribution in [-0.2, 0) is 12.5 Å². The smallest absolute Gasteiger partial charge is 0.106 e. The lowest BCUT2D eigenvalue weighted by molar-refractivity contribution is 0.219. The second-order valence-corrected chi connectivity index (χ2v) is 4.93. The van der Waals surface area contributed by atoms with Crippen LogP contribution < -0.4 is 0 Å². The third kappa shape index (κ3) is 1.52. The van der Waals surface area contributed by atoms with Gasteiger partial charge in [0.15, 0.2) is 0 Å². The second kappa shape index (κ2) is 3.59. The molecule has 0 saturated carbocycles. The van der Waals surface area contributed by atoms with Gasteiger partial charge in [-0.2, -0.15) is 0 Å². The van der Waals surface area contributed by atoms with Crippen LogP contribution in [0.25, 0.3) is 11.0 Å². The average molecular weight is 218 g/mol. The number of aliphatic hydroxyl groups is 1. The molecule has 86 valence electrons. The van der Waals surface area contributed by atoms with E-state index < -0.39 is 0 Å². The van der Waals surface area contributed by atoms with Crippen LogP contribution >= 0.6 is 0 Å². The van der Waals surface area contributed by atoms with E-state index in [1.807, 2.05) is 40.0 Å². The maximum absolute atomic E-state index is 9.47. The topological polar surface area (TPSA) is 38.1 Å². The van der Waals surface area contributed by atoms with Gasteiger partial charge in [-0.3, -0.25) is 0 Å². The summed E-state index contributed by atoms with van der Waals surface area (Å²) in [7, 11) is 2.02. The Kier molecular flexibility index (Phi) is 2.50. The molecule has 2 aromatic rings. The molecular formula is C13H18N2O. The monoisotopic (exact) mass is 218 g/mol. The van der Waals surface area contributed by atoms with E-state index in [1.165, 1.54) is 0 Å². The predicted molar refractivity (Wildman–Crippen MR) is 65.6 cm³/mol. The van der Waals surface area contributed by atoms with Crippen LogP contribution in [0.3, 0.4) is 0 Å². The molecule has 1 aromatic carbocycles. The van der Waals surface area contributed by atoms with Crippen molar-refractivity contribution in [2.24, 2.45) is 7.05 Å². The molecular weight excluding hydrogens is 200 g/mol. The zero-order chi connectivity index (χ0) is 11.9. The number of imidazole rings is 1. The molecule has 3 heteroatoms. The minimum absolute atomic E-state index is 0.135. The Balaban J connectivity index is 2.80. The van der Waals surface area contributed by atoms with E-state index >= 15 is 0 Å². The molecule has 2 rings (SSSR count). The van der Waals surface area contributed by atoms with Crippen molar-refractivity contribution >= 4 is 11.0 Å². The Hall–Kier alpha value is -1.35. The molecule has 0 fully saturated rings. The fraction of sp³-hybridized carbons (Fsp3) is 0.462. The molecule has 0 unspecified atom stereocenters. The fourth-order valence-corrected chi connectivity index (χ4v) is 2.02. The molecule has 0 saturated heterocycles. The molecule has 0 aliphatic carbocycles. The lowest BCUT2D eigenvalue weighted by Gasteiger charge is -2.23. The van der Waals surface area contributed by atoms with Gasteiger partial charge in [0.05, 0.1) is 17.6 Å². The van der Waals surface area contributed by atoms with E-state index in [-0.39, 0.29) is 12.0 Å². The van der Waals surface area contributed by atoms with Crippen molar-refractivity contribution in [2.75, 3.05) is 6.61 Å². The fourth-order valence-electron chi connectivity index (χ4n) is 2.02. The highest BCUT2D eigenvalue weighted by Gasteiger charge is 2.23. The summed E-state index contributed by atoms with van der Waals surface area (Å²) < 4.78 is 2.09. The van der Waals surface area contributed by atoms with Crippen molar-refractivity contribution in [3.8, 4) is 0 Å². The number of aliphatic hydroxyl groups excluding tert-OH is 1. The summed E-state index contributed by atoms with van der Waals surface area (Å²) in [5, 5.41) is 9.47. The van der Waals surface area contributed by atoms with Crippen LogP contribution in [0.15, 0.2) is 18.2 Å². The number of aromatic nitrogens is 2. The van der Waals surface area contributed by atoms with Crippen LogP contribution in [0.1, 0.15) is 25.2 Å². The zero-order valence-electron chi connectivity index (χ0n) is 10.3. The summed E-state index contributed by atoms with van der Waals surface area (Å²) >= 11 is 0. The average Bonchev–Trinajstić information content (AvgIpc) is 2.55. The highest BCUT2D eigenvalue weighted by molar-refractivity contribution is 5.80. The van der Waals surface area contributed by atoms with Crippen LogP contribution in [0.4, 0.5) is 0 Å². The molecule has 0 bridgehead atoms. The first-order valence-corrected chi connectivity index (χ1v) is 5.51. The first-order valence-electron chi connectivity index (χ1n) is 5.51. The van der Waals surface area contributed by atoms with E-state index in [2.05, 4.69) is 15.6 Å². The second-order valence-electron chi connectivity index (χ2n) is 4.93. The molecule has 0 spiro atoms. The quantitative estimate of drug-likeness (QED) is 0.838. The SMILES string of the molecule is Cc1nc2cccc(C(C)(C)CO)c2n1C. The maximum atomic E-state index is 9.47. The number of benzene rings is 1. The Bertz CT molecular complexity index is 526. The number of hydrogen-bond acceptors (Lipinski definition) is 2. The molecule has 1 heterocycles. The van der Waals surface area contributed by atoms with Gasteiger partial charge in [0.25, 0.3) is 0 Å². The van der Waals surface area contributed by atoms with Crippen molar-refractivity contribution in [2.45, 2.75) is 26.2 Å². The van der Waals surface area contributed by atoms with Crippen molar-refractivity contribution in [1.82, 2.24) is 9.55 Å². The summed E-state index contributed by atoms with van der Waals surface area (Å²) in [6.07, 6.45) is 0. The molecule has 1 aromatic heterocycles. The number of fused-ring (bicyclic) bond motifs is 1. The van der Waals surface area contributed by atoms with Crippen molar-refractivity contribution in [3.63, 3.8) is 0 Å². The van der Waals surface area contributed by atoms with E-state index in [1.54, 1.807) is 0 Å². The van der Waals surface area contributed by atoms with E-state index in [9.17, 15) is 5.11 Å². The summed E-state index contributed by atoms with van der Waals surface area (Å²) in [6, 6.07) is 6.08. The summed E-state index contributed by atoms with van der Waals surface area (Å²) in [4.78, 5) is 4.50. The number of rotatable bonds is 2. The Morgan fingerprint density at radius 3 is 2.69 bits per heavy atom. The van der Waals surface area contributed by atoms with Gasteiger partial charge >= 0.3 is 0 Å². The van der Waals surface area contributed by atoms with Crippen LogP contribution in [0.2, 0.25) is 0 Å². The van der Waals surface area contributed by atoms with E-state index in [4.69, 9.17) is 0 Å². The lowest BCUT2D eigenvalue weighted by atomic mass is 9.85. The van der Waals surface area contributed by atoms with Crippen molar-refractivity contribution in [1.29, 1.82) is 0 Å². The molecule has 16 heavy (non-hydrogen) atoms. The van der Waals surface area contributed by atoms with Crippen LogP contribution in [0, 0.1) is 6.92 Å². The third-order valence-corrected chi connectivity index (χ3v) is 3.24. The van der Waals surface area contributed by atoms with Gasteiger partial charge in [0.1, 0.15) is 5.82 Å². The third-order valence-electron chi connectivity index (χ3n) is 3.24. The predicted octanol–water partition coefficient (Wildman–Crippen LogP) is 2.15. The summed E-state index contributed by atoms with van der Waals surface area (Å²) in [5.74, 6) is 0.996. The summed E-state index contributed by atoms with van der Waals surface area (Å²) in [5.41, 5.74) is 3.04. The number of para-hydroxylation sites is 1. The Morgan fingerprint density at radius 2 is 2.06 bits per heavy atom. The molecule has 0 amide bonds. The first-order chi connectivity index (χ1) is 7.47. The summed E-state index contributed by atoms with van der Waals surface area (Å²) in [6.45, 7) is 6.22. The van der Waals surface area contributed by atoms with Gasteiger partial charge in [-0.15, -0.1) is 0 Å². The normalized spacial score (nSPS) is 12.3. The molecule has 0 aliphatic rings. The zero-order valence-corrected chi connectivity index (χ0v) is 10.3. The molecule has 0 aliphatic heterocycles. The van der Waals surface area contributed by atoms with Crippen molar-refractivity contribution in [3.05, 3.63) is 29.6 Å². The lowest BCUT2D eigenvalue weighted by Crippen LogP contribution is -2.23. The van der Waals surface area contributed by atoms with Crippen LogP contribution in [-0.4, -0.2) is 21.3 Å². The van der Waals surface area contributed by atoms with E-state index in [0.29, 0.717) is 0 Å². The Labute approximate surface area is 95.7 Å². The van der Waals surface area contributed by atoms with Crippen LogP contribution in [0.5, 0.6) is 0 Å². The Morgan fingerprint density at radius 1 is 1.38 bits per heavy atom. The van der Waals surface area contributed by atoms with Gasteiger partial charge in [-0.25, -0.2) is 4.98 Å². The van der Waals surface area contributed by atoms with Gasteiger partial charge in [0.2, 0.25) is 0 Å².